The summed E-state index contributed by atoms with van der Waals surface area (Å²) < 4.78 is 0. The van der Waals surface area contributed by atoms with Gasteiger partial charge in [0.05, 0.1) is 35.4 Å². The van der Waals surface area contributed by atoms with Crippen molar-refractivity contribution in [3.63, 3.8) is 0 Å². The van der Waals surface area contributed by atoms with Crippen molar-refractivity contribution in [2.45, 2.75) is 49.5 Å². The third-order valence-electron chi connectivity index (χ3n) is 8.39. The van der Waals surface area contributed by atoms with E-state index in [1.807, 2.05) is 0 Å². The number of ketones is 2. The number of hydrogen-bond acceptors (Lipinski definition) is 12. The molecular weight excluding hydrogens is 556 g/mol. The maximum Gasteiger partial charge on any atom is 0.303 e. The Kier molecular flexibility index (Phi) is 7.67. The van der Waals surface area contributed by atoms with Crippen LogP contribution in [0.4, 0.5) is 5.69 Å². The quantitative estimate of drug-likeness (QED) is 0.131. The number of phenols is 1. The molecule has 7 atom stereocenters. The second-order valence-electron chi connectivity index (χ2n) is 11.0. The van der Waals surface area contributed by atoms with E-state index in [9.17, 15) is 49.5 Å². The Bertz CT molecular complexity index is 1480. The Hall–Kier alpha value is -4.31. The van der Waals surface area contributed by atoms with Gasteiger partial charge in [-0.2, -0.15) is 0 Å². The lowest BCUT2D eigenvalue weighted by Gasteiger charge is -2.53. The first-order chi connectivity index (χ1) is 19.5. The van der Waals surface area contributed by atoms with Crippen LogP contribution < -0.4 is 16.8 Å². The molecule has 1 aromatic carbocycles. The number of aliphatic carboxylic acids is 1. The fraction of sp³-hybridized carbons (Fsp3) is 0.444. The van der Waals surface area contributed by atoms with Crippen molar-refractivity contribution in [1.29, 1.82) is 0 Å². The van der Waals surface area contributed by atoms with Crippen molar-refractivity contribution in [3.05, 3.63) is 40.2 Å². The standard InChI is InChI=1S/C27H32N4O11/c1-8-9-4-6-11(30-26(41)10(28)5-7-12(32)33)19(34)14(9)20(35)15-13(8)21(36)17-18(31(2)3)22(37)16(25(29)40)24(39)27(17,42)23(15)38/h4,6,8,10,13,17-18,21,34-36,39,42H,5,7,28H2,1-3H3,(H2,29,40)(H,30,41)(H,32,33)/t8-,10-,13?,17+,18-,21-,27-/m0/s1. The minimum Gasteiger partial charge on any atom is -0.508 e. The third kappa shape index (κ3) is 4.32. The second-order valence-corrected chi connectivity index (χ2v) is 11.0. The van der Waals surface area contributed by atoms with Crippen molar-refractivity contribution in [3.8, 4) is 5.75 Å². The molecule has 0 heterocycles. The molecule has 1 unspecified atom stereocenters. The van der Waals surface area contributed by atoms with Gasteiger partial charge in [-0.05, 0) is 38.1 Å². The Morgan fingerprint density at radius 3 is 2.31 bits per heavy atom. The molecule has 2 amide bonds. The molecule has 1 aromatic rings. The average Bonchev–Trinajstić information content (AvgIpc) is 2.90. The van der Waals surface area contributed by atoms with Crippen molar-refractivity contribution in [2.75, 3.05) is 19.4 Å². The van der Waals surface area contributed by atoms with Crippen LogP contribution in [0.1, 0.15) is 36.8 Å². The van der Waals surface area contributed by atoms with Crippen molar-refractivity contribution in [2.24, 2.45) is 23.3 Å². The SMILES string of the molecule is C[C@H]1c2ccc(NC(=O)[C@@H](N)CCC(=O)O)c(O)c2C(O)=C2C(=O)[C@]3(O)C(O)=C(C(N)=O)C(=O)[C@@H](N(C)C)[C@@H]3[C@@H](O)C21. The number of amides is 2. The number of carbonyl (C=O) groups excluding carboxylic acids is 4. The number of carboxylic acids is 1. The first-order valence-corrected chi connectivity index (χ1v) is 12.9. The maximum absolute atomic E-state index is 14.0. The zero-order valence-electron chi connectivity index (χ0n) is 22.9. The minimum absolute atomic E-state index is 0.201. The molecular formula is C27H32N4O11. The molecule has 0 bridgehead atoms. The van der Waals surface area contributed by atoms with Crippen LogP contribution in [0.5, 0.6) is 5.75 Å². The monoisotopic (exact) mass is 588 g/mol. The molecule has 3 aliphatic carbocycles. The van der Waals surface area contributed by atoms with E-state index in [4.69, 9.17) is 16.6 Å². The largest absolute Gasteiger partial charge is 0.508 e. The lowest BCUT2D eigenvalue weighted by atomic mass is 9.54. The number of aliphatic hydroxyl groups is 4. The summed E-state index contributed by atoms with van der Waals surface area (Å²) >= 11 is 0. The van der Waals surface area contributed by atoms with E-state index in [1.165, 1.54) is 31.1 Å². The number of aliphatic hydroxyl groups excluding tert-OH is 3. The number of Topliss-reactive ketones (excluding diaryl/α,β-unsaturated/α-hetero) is 2. The number of carbonyl (C=O) groups is 5. The number of primary amides is 1. The number of aromatic hydroxyl groups is 1. The molecule has 15 nitrogen and oxygen atoms in total. The Labute approximate surface area is 238 Å². The van der Waals surface area contributed by atoms with E-state index in [1.54, 1.807) is 6.92 Å². The molecule has 15 heteroatoms. The minimum atomic E-state index is -3.05. The number of likely N-dealkylation sites (N-methyl/N-ethyl adjacent to an activating group) is 1. The topological polar surface area (TPSA) is 274 Å². The number of phenolic OH excluding ortho intramolecular Hbond substituents is 1. The predicted molar refractivity (Wildman–Crippen MR) is 144 cm³/mol. The van der Waals surface area contributed by atoms with Crippen LogP contribution in [0, 0.1) is 11.8 Å². The summed E-state index contributed by atoms with van der Waals surface area (Å²) in [5.74, 6) is -12.4. The number of fused-ring (bicyclic) bond motifs is 3. The Balaban J connectivity index is 1.87. The normalized spacial score (nSPS) is 29.5. The van der Waals surface area contributed by atoms with Crippen LogP contribution >= 0.6 is 0 Å². The molecule has 0 saturated heterocycles. The van der Waals surface area contributed by atoms with E-state index in [0.717, 1.165) is 0 Å². The Morgan fingerprint density at radius 2 is 1.76 bits per heavy atom. The average molecular weight is 589 g/mol. The molecule has 0 aliphatic heterocycles. The van der Waals surface area contributed by atoms with Gasteiger partial charge in [0.1, 0.15) is 22.8 Å². The smallest absolute Gasteiger partial charge is 0.303 e. The summed E-state index contributed by atoms with van der Waals surface area (Å²) in [7, 11) is 2.82. The van der Waals surface area contributed by atoms with Crippen molar-refractivity contribution < 1.29 is 54.6 Å². The molecule has 1 fully saturated rings. The molecule has 0 spiro atoms. The zero-order chi connectivity index (χ0) is 31.6. The molecule has 3 aliphatic rings. The summed E-state index contributed by atoms with van der Waals surface area (Å²) in [6, 6.07) is -0.0124. The second kappa shape index (κ2) is 10.5. The number of benzene rings is 1. The van der Waals surface area contributed by atoms with Crippen LogP contribution in [0.2, 0.25) is 0 Å². The number of carboxylic acid groups (broad SMARTS) is 1. The van der Waals surface area contributed by atoms with E-state index < -0.39 is 99.3 Å². The van der Waals surface area contributed by atoms with Crippen LogP contribution in [0.25, 0.3) is 5.76 Å². The fourth-order valence-electron chi connectivity index (χ4n) is 6.35. The third-order valence-corrected chi connectivity index (χ3v) is 8.39. The maximum atomic E-state index is 14.0. The molecule has 226 valence electrons. The number of hydrogen-bond donors (Lipinski definition) is 9. The number of nitrogens with zero attached hydrogens (tertiary/aromatic N) is 1. The first kappa shape index (κ1) is 30.6. The summed E-state index contributed by atoms with van der Waals surface area (Å²) in [6.07, 6.45) is -2.33. The van der Waals surface area contributed by atoms with E-state index in [-0.39, 0.29) is 29.7 Å². The molecule has 42 heavy (non-hydrogen) atoms. The summed E-state index contributed by atoms with van der Waals surface area (Å²) in [6.45, 7) is 1.57. The molecule has 1 saturated carbocycles. The van der Waals surface area contributed by atoms with Gasteiger partial charge in [0.15, 0.2) is 11.4 Å². The summed E-state index contributed by atoms with van der Waals surface area (Å²) in [5, 5.41) is 67.8. The summed E-state index contributed by atoms with van der Waals surface area (Å²) in [4.78, 5) is 63.9. The van der Waals surface area contributed by atoms with Gasteiger partial charge in [-0.25, -0.2) is 0 Å². The van der Waals surface area contributed by atoms with Crippen LogP contribution in [-0.2, 0) is 24.0 Å². The zero-order valence-corrected chi connectivity index (χ0v) is 22.9. The van der Waals surface area contributed by atoms with Crippen LogP contribution in [0.15, 0.2) is 29.0 Å². The van der Waals surface area contributed by atoms with Gasteiger partial charge >= 0.3 is 5.97 Å². The highest BCUT2D eigenvalue weighted by molar-refractivity contribution is 6.24. The van der Waals surface area contributed by atoms with Crippen molar-refractivity contribution in [1.82, 2.24) is 4.90 Å². The molecule has 0 aromatic heterocycles. The van der Waals surface area contributed by atoms with Gasteiger partial charge in [0.2, 0.25) is 11.7 Å². The number of nitrogens with one attached hydrogen (secondary N) is 1. The lowest BCUT2D eigenvalue weighted by Crippen LogP contribution is -2.70. The first-order valence-electron chi connectivity index (χ1n) is 12.9. The Morgan fingerprint density at radius 1 is 1.14 bits per heavy atom. The predicted octanol–water partition coefficient (Wildman–Crippen LogP) is -1.37. The van der Waals surface area contributed by atoms with Gasteiger partial charge in [0, 0.05) is 17.9 Å². The highest BCUT2D eigenvalue weighted by Gasteiger charge is 2.68. The van der Waals surface area contributed by atoms with Gasteiger partial charge in [0.25, 0.3) is 5.91 Å². The van der Waals surface area contributed by atoms with Crippen molar-refractivity contribution >= 4 is 40.8 Å². The highest BCUT2D eigenvalue weighted by atomic mass is 16.4. The molecule has 4 rings (SSSR count). The highest BCUT2D eigenvalue weighted by Crippen LogP contribution is 2.56. The fourth-order valence-corrected chi connectivity index (χ4v) is 6.35. The lowest BCUT2D eigenvalue weighted by molar-refractivity contribution is -0.169. The molecule has 0 radical (unpaired) electrons. The number of anilines is 1. The number of nitrogens with two attached hydrogens (primary N) is 2. The van der Waals surface area contributed by atoms with Gasteiger partial charge in [-0.15, -0.1) is 0 Å². The van der Waals surface area contributed by atoms with Crippen LogP contribution in [0.3, 0.4) is 0 Å². The number of rotatable bonds is 7. The van der Waals surface area contributed by atoms with Gasteiger partial charge in [-0.1, -0.05) is 13.0 Å². The van der Waals surface area contributed by atoms with E-state index in [2.05, 4.69) is 5.32 Å². The molecule has 11 N–H and O–H groups in total. The van der Waals surface area contributed by atoms with Gasteiger partial charge in [-0.3, -0.25) is 28.9 Å². The summed E-state index contributed by atoms with van der Waals surface area (Å²) in [5.41, 5.74) is 6.05. The van der Waals surface area contributed by atoms with E-state index in [0.29, 0.717) is 0 Å². The van der Waals surface area contributed by atoms with E-state index >= 15 is 0 Å². The van der Waals surface area contributed by atoms with Gasteiger partial charge < -0.3 is 47.4 Å². The van der Waals surface area contributed by atoms with Crippen LogP contribution in [-0.4, -0.2) is 103 Å².